The maximum Gasteiger partial charge on any atom is 0.437 e. The topological polar surface area (TPSA) is 227 Å². The fraction of sp³-hybridized carbons (Fsp3) is 0.551. The Bertz CT molecular complexity index is 2250. The molecule has 0 radical (unpaired) electrons. The molecule has 0 spiro atoms. The maximum atomic E-state index is 13.9. The lowest BCUT2D eigenvalue weighted by molar-refractivity contribution is -0.144. The molecule has 2 bridgehead atoms. The average molecular weight is 929 g/mol. The van der Waals surface area contributed by atoms with E-state index in [1.807, 2.05) is 30.3 Å². The minimum Gasteiger partial charge on any atom is -0.444 e. The van der Waals surface area contributed by atoms with Crippen LogP contribution < -0.4 is 26.6 Å². The van der Waals surface area contributed by atoms with Crippen LogP contribution >= 0.6 is 0 Å². The third-order valence-electron chi connectivity index (χ3n) is 11.1. The summed E-state index contributed by atoms with van der Waals surface area (Å²) >= 11 is 0. The average Bonchev–Trinajstić information content (AvgIpc) is 3.19. The SMILES string of the molecule is CC(C)(C)OC(=O)/N=C(\NC(=O)OC(C)(C)C)Nc1ccc(NC(=O)C23CCC(C(=O)Nc4ccc(C5=CCN(/C(=N\C(=O)OC(C)(C)C)NC(=O)OC(C)(C)C)CC5)cc4)(CC2)CC3)cc1. The molecule has 2 aromatic carbocycles. The van der Waals surface area contributed by atoms with Crippen LogP contribution in [0.4, 0.5) is 36.2 Å². The summed E-state index contributed by atoms with van der Waals surface area (Å²) in [6.07, 6.45) is 2.80. The lowest BCUT2D eigenvalue weighted by Gasteiger charge is -2.51. The lowest BCUT2D eigenvalue weighted by Crippen LogP contribution is -2.52. The van der Waals surface area contributed by atoms with E-state index in [0.29, 0.717) is 75.1 Å². The molecule has 4 aliphatic rings. The maximum absolute atomic E-state index is 13.9. The van der Waals surface area contributed by atoms with Crippen LogP contribution in [0.15, 0.2) is 64.6 Å². The summed E-state index contributed by atoms with van der Waals surface area (Å²) in [7, 11) is 0. The second-order valence-corrected chi connectivity index (χ2v) is 21.3. The zero-order chi connectivity index (χ0) is 49.6. The van der Waals surface area contributed by atoms with Crippen LogP contribution in [0.2, 0.25) is 0 Å². The van der Waals surface area contributed by atoms with Gasteiger partial charge in [0.25, 0.3) is 0 Å². The molecular weight excluding hydrogens is 861 g/mol. The Labute approximate surface area is 393 Å². The molecule has 3 saturated carbocycles. The van der Waals surface area contributed by atoms with Crippen LogP contribution in [-0.2, 0) is 28.5 Å². The predicted octanol–water partition coefficient (Wildman–Crippen LogP) is 9.74. The number of hydrogen-bond donors (Lipinski definition) is 5. The molecular formula is C49H68N8O10. The summed E-state index contributed by atoms with van der Waals surface area (Å²) in [4.78, 5) is 87.7. The van der Waals surface area contributed by atoms with Crippen molar-refractivity contribution in [2.75, 3.05) is 29.0 Å². The van der Waals surface area contributed by atoms with E-state index in [1.165, 1.54) is 0 Å². The van der Waals surface area contributed by atoms with Gasteiger partial charge >= 0.3 is 24.4 Å². The molecule has 67 heavy (non-hydrogen) atoms. The smallest absolute Gasteiger partial charge is 0.437 e. The Balaban J connectivity index is 1.15. The standard InChI is InChI=1S/C49H68N8O10/c1-44(2,3)64-40(60)53-38(54-41(61)65-45(4,5)6)52-35-19-17-34(18-20-35)51-37(59)49-26-23-48(24-27-49,25-28-49)36(58)50-33-15-13-31(14-16-33)32-21-29-57(30-22-32)39(55-42(62)66-46(7,8)9)56-43(63)67-47(10,11)12/h13-21H,22-30H2,1-12H3,(H,50,58)(H,51,59)(H,55,56,62,63)(H2,52,53,54,60,61). The molecule has 1 aliphatic heterocycles. The number of aliphatic imine (C=N–C) groups is 2. The van der Waals surface area contributed by atoms with Crippen molar-refractivity contribution in [3.8, 4) is 0 Å². The highest BCUT2D eigenvalue weighted by atomic mass is 16.6. The van der Waals surface area contributed by atoms with Gasteiger partial charge in [-0.3, -0.25) is 20.2 Å². The van der Waals surface area contributed by atoms with Gasteiger partial charge in [-0.15, -0.1) is 9.98 Å². The number of nitrogens with zero attached hydrogens (tertiary/aromatic N) is 3. The first kappa shape index (κ1) is 51.5. The van der Waals surface area contributed by atoms with Gasteiger partial charge in [0, 0.05) is 41.0 Å². The highest BCUT2D eigenvalue weighted by Gasteiger charge is 2.55. The van der Waals surface area contributed by atoms with Gasteiger partial charge in [-0.05, 0) is 176 Å². The van der Waals surface area contributed by atoms with Crippen LogP contribution in [0.25, 0.3) is 5.57 Å². The highest BCUT2D eigenvalue weighted by molar-refractivity contribution is 6.06. The fourth-order valence-electron chi connectivity index (χ4n) is 7.87. The molecule has 0 saturated heterocycles. The van der Waals surface area contributed by atoms with Crippen molar-refractivity contribution in [3.05, 3.63) is 60.2 Å². The zero-order valence-electron chi connectivity index (χ0n) is 41.0. The molecule has 364 valence electrons. The molecule has 5 N–H and O–H groups in total. The van der Waals surface area contributed by atoms with Crippen LogP contribution in [0.3, 0.4) is 0 Å². The zero-order valence-corrected chi connectivity index (χ0v) is 41.0. The van der Waals surface area contributed by atoms with Gasteiger partial charge in [-0.2, -0.15) is 0 Å². The first-order chi connectivity index (χ1) is 31.0. The Hall–Kier alpha value is -6.46. The summed E-state index contributed by atoms with van der Waals surface area (Å²) < 4.78 is 21.4. The normalized spacial score (nSPS) is 20.1. The van der Waals surface area contributed by atoms with E-state index in [1.54, 1.807) is 112 Å². The van der Waals surface area contributed by atoms with Crippen LogP contribution in [0, 0.1) is 10.8 Å². The van der Waals surface area contributed by atoms with Crippen LogP contribution in [-0.4, -0.2) is 88.5 Å². The number of rotatable bonds is 6. The van der Waals surface area contributed by atoms with Crippen molar-refractivity contribution in [1.82, 2.24) is 15.5 Å². The first-order valence-corrected chi connectivity index (χ1v) is 22.7. The fourth-order valence-corrected chi connectivity index (χ4v) is 7.87. The van der Waals surface area contributed by atoms with E-state index in [0.717, 1.165) is 11.1 Å². The Morgan fingerprint density at radius 3 is 1.31 bits per heavy atom. The molecule has 0 atom stereocenters. The second-order valence-electron chi connectivity index (χ2n) is 21.3. The number of anilines is 3. The Kier molecular flexibility index (Phi) is 15.5. The monoisotopic (exact) mass is 929 g/mol. The summed E-state index contributed by atoms with van der Waals surface area (Å²) in [6.45, 7) is 21.5. The summed E-state index contributed by atoms with van der Waals surface area (Å²) in [6, 6.07) is 14.4. The predicted molar refractivity (Wildman–Crippen MR) is 257 cm³/mol. The van der Waals surface area contributed by atoms with Gasteiger partial charge in [-0.1, -0.05) is 18.2 Å². The molecule has 3 fully saturated rings. The van der Waals surface area contributed by atoms with Crippen molar-refractivity contribution >= 4 is 70.7 Å². The Morgan fingerprint density at radius 2 is 0.910 bits per heavy atom. The number of ether oxygens (including phenoxy) is 4. The van der Waals surface area contributed by atoms with Gasteiger partial charge < -0.3 is 39.8 Å². The number of amides is 6. The van der Waals surface area contributed by atoms with E-state index in [9.17, 15) is 28.8 Å². The van der Waals surface area contributed by atoms with Gasteiger partial charge in [0.15, 0.2) is 0 Å². The third-order valence-corrected chi connectivity index (χ3v) is 11.1. The quantitative estimate of drug-likeness (QED) is 0.104. The number of hydrogen-bond acceptors (Lipinski definition) is 10. The minimum atomic E-state index is -0.910. The molecule has 18 nitrogen and oxygen atoms in total. The third kappa shape index (κ3) is 15.6. The Morgan fingerprint density at radius 1 is 0.522 bits per heavy atom. The molecule has 6 amide bonds. The van der Waals surface area contributed by atoms with Crippen molar-refractivity contribution < 1.29 is 47.7 Å². The minimum absolute atomic E-state index is 0.0381. The number of carbonyl (C=O) groups excluding carboxylic acids is 6. The van der Waals surface area contributed by atoms with Gasteiger partial charge in [0.05, 0.1) is 0 Å². The highest BCUT2D eigenvalue weighted by Crippen LogP contribution is 2.57. The molecule has 18 heteroatoms. The number of benzene rings is 2. The van der Waals surface area contributed by atoms with E-state index in [4.69, 9.17) is 18.9 Å². The van der Waals surface area contributed by atoms with E-state index in [-0.39, 0.29) is 23.7 Å². The van der Waals surface area contributed by atoms with Crippen LogP contribution in [0.5, 0.6) is 0 Å². The van der Waals surface area contributed by atoms with E-state index in [2.05, 4.69) is 36.6 Å². The van der Waals surface area contributed by atoms with Gasteiger partial charge in [-0.25, -0.2) is 19.2 Å². The van der Waals surface area contributed by atoms with Crippen molar-refractivity contribution in [2.45, 2.75) is 150 Å². The molecule has 1 heterocycles. The summed E-state index contributed by atoms with van der Waals surface area (Å²) in [5, 5.41) is 14.2. The summed E-state index contributed by atoms with van der Waals surface area (Å²) in [5.74, 6) is -0.302. The largest absolute Gasteiger partial charge is 0.444 e. The number of fused-ring (bicyclic) bond motifs is 3. The van der Waals surface area contributed by atoms with Crippen LogP contribution in [0.1, 0.15) is 134 Å². The number of nitrogens with one attached hydrogen (secondary N) is 5. The summed E-state index contributed by atoms with van der Waals surface area (Å²) in [5.41, 5.74) is -0.519. The number of carbonyl (C=O) groups is 6. The van der Waals surface area contributed by atoms with E-state index < -0.39 is 57.6 Å². The van der Waals surface area contributed by atoms with Crippen molar-refractivity contribution in [1.29, 1.82) is 0 Å². The molecule has 0 aromatic heterocycles. The molecule has 3 aliphatic carbocycles. The molecule has 6 rings (SSSR count). The number of guanidine groups is 2. The molecule has 2 aromatic rings. The van der Waals surface area contributed by atoms with Gasteiger partial charge in [0.2, 0.25) is 23.7 Å². The number of alkyl carbamates (subject to hydrolysis) is 2. The second kappa shape index (κ2) is 20.2. The molecule has 0 unspecified atom stereocenters. The lowest BCUT2D eigenvalue weighted by atomic mass is 9.53. The van der Waals surface area contributed by atoms with Crippen molar-refractivity contribution in [3.63, 3.8) is 0 Å². The van der Waals surface area contributed by atoms with E-state index >= 15 is 0 Å². The van der Waals surface area contributed by atoms with Gasteiger partial charge in [0.1, 0.15) is 22.4 Å². The van der Waals surface area contributed by atoms with Crippen molar-refractivity contribution in [2.24, 2.45) is 20.8 Å². The first-order valence-electron chi connectivity index (χ1n) is 22.7.